The van der Waals surface area contributed by atoms with Crippen LogP contribution in [0.3, 0.4) is 0 Å². The van der Waals surface area contributed by atoms with E-state index in [2.05, 4.69) is 4.74 Å². The zero-order chi connectivity index (χ0) is 9.72. The maximum atomic E-state index is 11.0. The predicted molar refractivity (Wildman–Crippen MR) is 42.5 cm³/mol. The quantitative estimate of drug-likeness (QED) is 0.486. The molecule has 0 radical (unpaired) electrons. The molecule has 0 amide bonds. The molecule has 12 heavy (non-hydrogen) atoms. The molecule has 0 heterocycles. The van der Waals surface area contributed by atoms with Crippen molar-refractivity contribution >= 4 is 11.8 Å². The molecule has 0 saturated heterocycles. The number of hydrogen-bond acceptors (Lipinski definition) is 4. The van der Waals surface area contributed by atoms with Crippen molar-refractivity contribution in [2.45, 2.75) is 26.9 Å². The Kier molecular flexibility index (Phi) is 4.51. The highest BCUT2D eigenvalue weighted by atomic mass is 16.5. The Hall–Kier alpha value is -0.900. The first-order valence-corrected chi connectivity index (χ1v) is 3.89. The Morgan fingerprint density at radius 3 is 2.25 bits per heavy atom. The summed E-state index contributed by atoms with van der Waals surface area (Å²) in [5.41, 5.74) is 0. The Morgan fingerprint density at radius 1 is 1.42 bits per heavy atom. The summed E-state index contributed by atoms with van der Waals surface area (Å²) in [5.74, 6) is -1.73. The largest absolute Gasteiger partial charge is 0.464 e. The molecule has 0 aliphatic heterocycles. The molecule has 1 atom stereocenters. The van der Waals surface area contributed by atoms with E-state index in [1.54, 1.807) is 20.8 Å². The highest BCUT2D eigenvalue weighted by Gasteiger charge is 2.26. The summed E-state index contributed by atoms with van der Waals surface area (Å²) >= 11 is 0. The number of carbonyl (C=O) groups excluding carboxylic acids is 2. The smallest absolute Gasteiger partial charge is 0.342 e. The van der Waals surface area contributed by atoms with Crippen LogP contribution in [0.25, 0.3) is 0 Å². The number of Topliss-reactive ketones (excluding diaryl/α,β-unsaturated/α-hetero) is 1. The van der Waals surface area contributed by atoms with Crippen LogP contribution in [0.5, 0.6) is 0 Å². The van der Waals surface area contributed by atoms with Gasteiger partial charge < -0.3 is 9.84 Å². The maximum Gasteiger partial charge on any atom is 0.342 e. The van der Waals surface area contributed by atoms with E-state index in [1.807, 2.05) is 0 Å². The number of rotatable bonds is 4. The molecule has 0 spiro atoms. The second-order valence-electron chi connectivity index (χ2n) is 2.71. The number of esters is 1. The van der Waals surface area contributed by atoms with Gasteiger partial charge in [0.25, 0.3) is 0 Å². The number of carbonyl (C=O) groups is 2. The van der Waals surface area contributed by atoms with Crippen LogP contribution in [0.15, 0.2) is 0 Å². The molecule has 0 aliphatic rings. The fourth-order valence-electron chi connectivity index (χ4n) is 0.653. The van der Waals surface area contributed by atoms with Crippen molar-refractivity contribution in [3.05, 3.63) is 0 Å². The minimum Gasteiger partial charge on any atom is -0.464 e. The number of ketones is 1. The molecule has 0 aromatic carbocycles. The first-order valence-electron chi connectivity index (χ1n) is 3.89. The van der Waals surface area contributed by atoms with Gasteiger partial charge in [-0.2, -0.15) is 0 Å². The molecule has 1 unspecified atom stereocenters. The lowest BCUT2D eigenvalue weighted by atomic mass is 10.0. The summed E-state index contributed by atoms with van der Waals surface area (Å²) in [6.45, 7) is 5.02. The van der Waals surface area contributed by atoms with Crippen LogP contribution in [0, 0.1) is 5.92 Å². The fraction of sp³-hybridized carbons (Fsp3) is 0.750. The van der Waals surface area contributed by atoms with Gasteiger partial charge in [-0.3, -0.25) is 4.79 Å². The second kappa shape index (κ2) is 4.87. The lowest BCUT2D eigenvalue weighted by Gasteiger charge is -2.10. The van der Waals surface area contributed by atoms with Crippen LogP contribution in [-0.4, -0.2) is 29.6 Å². The van der Waals surface area contributed by atoms with Crippen molar-refractivity contribution in [1.82, 2.24) is 0 Å². The minimum absolute atomic E-state index is 0.168. The van der Waals surface area contributed by atoms with Crippen molar-refractivity contribution in [2.24, 2.45) is 5.92 Å². The normalized spacial score (nSPS) is 12.8. The summed E-state index contributed by atoms with van der Waals surface area (Å²) in [6.07, 6.45) is -1.62. The number of ether oxygens (including phenoxy) is 1. The molecule has 4 heteroatoms. The molecule has 0 fully saturated rings. The molecule has 70 valence electrons. The average Bonchev–Trinajstić information content (AvgIpc) is 2.02. The molecule has 0 bridgehead atoms. The summed E-state index contributed by atoms with van der Waals surface area (Å²) in [6, 6.07) is 0. The Morgan fingerprint density at radius 2 is 1.92 bits per heavy atom. The maximum absolute atomic E-state index is 11.0. The molecule has 0 aliphatic carbocycles. The lowest BCUT2D eigenvalue weighted by molar-refractivity contribution is -0.158. The summed E-state index contributed by atoms with van der Waals surface area (Å²) in [4.78, 5) is 21.8. The van der Waals surface area contributed by atoms with Gasteiger partial charge in [0.1, 0.15) is 0 Å². The summed E-state index contributed by atoms with van der Waals surface area (Å²) < 4.78 is 4.47. The highest BCUT2D eigenvalue weighted by Crippen LogP contribution is 2.01. The molecular formula is C8H14O4. The topological polar surface area (TPSA) is 63.6 Å². The van der Waals surface area contributed by atoms with E-state index < -0.39 is 17.9 Å². The molecular weight excluding hydrogens is 160 g/mol. The van der Waals surface area contributed by atoms with E-state index in [-0.39, 0.29) is 12.5 Å². The second-order valence-corrected chi connectivity index (χ2v) is 2.71. The van der Waals surface area contributed by atoms with Crippen LogP contribution in [0.1, 0.15) is 20.8 Å². The van der Waals surface area contributed by atoms with E-state index in [4.69, 9.17) is 5.11 Å². The van der Waals surface area contributed by atoms with Crippen LogP contribution >= 0.6 is 0 Å². The summed E-state index contributed by atoms with van der Waals surface area (Å²) in [5, 5.41) is 9.06. The molecule has 0 saturated carbocycles. The molecule has 0 aromatic heterocycles. The molecule has 1 N–H and O–H groups in total. The Labute approximate surface area is 71.5 Å². The van der Waals surface area contributed by atoms with Crippen molar-refractivity contribution in [3.63, 3.8) is 0 Å². The van der Waals surface area contributed by atoms with Crippen LogP contribution in [0.2, 0.25) is 0 Å². The van der Waals surface area contributed by atoms with Gasteiger partial charge in [-0.15, -0.1) is 0 Å². The lowest BCUT2D eigenvalue weighted by Crippen LogP contribution is -2.34. The van der Waals surface area contributed by atoms with Gasteiger partial charge in [0.2, 0.25) is 6.10 Å². The number of hydrogen-bond donors (Lipinski definition) is 1. The zero-order valence-corrected chi connectivity index (χ0v) is 7.53. The van der Waals surface area contributed by atoms with Crippen LogP contribution < -0.4 is 0 Å². The standard InChI is InChI=1S/C8H14O4/c1-4-12-8(11)7(10)6(9)5(2)3/h5,7,10H,4H2,1-3H3. The van der Waals surface area contributed by atoms with E-state index in [0.29, 0.717) is 0 Å². The Bertz CT molecular complexity index is 174. The highest BCUT2D eigenvalue weighted by molar-refractivity contribution is 6.02. The predicted octanol–water partition coefficient (Wildman–Crippen LogP) is 0.135. The van der Waals surface area contributed by atoms with E-state index in [0.717, 1.165) is 0 Å². The van der Waals surface area contributed by atoms with Gasteiger partial charge in [-0.1, -0.05) is 13.8 Å². The number of aliphatic hydroxyl groups excluding tert-OH is 1. The summed E-state index contributed by atoms with van der Waals surface area (Å²) in [7, 11) is 0. The molecule has 0 rings (SSSR count). The van der Waals surface area contributed by atoms with Crippen LogP contribution in [-0.2, 0) is 14.3 Å². The van der Waals surface area contributed by atoms with Crippen molar-refractivity contribution in [2.75, 3.05) is 6.61 Å². The fourth-order valence-corrected chi connectivity index (χ4v) is 0.653. The first-order chi connectivity index (χ1) is 5.50. The average molecular weight is 174 g/mol. The van der Waals surface area contributed by atoms with Crippen molar-refractivity contribution < 1.29 is 19.4 Å². The van der Waals surface area contributed by atoms with Gasteiger partial charge in [0.15, 0.2) is 5.78 Å². The van der Waals surface area contributed by atoms with Gasteiger partial charge in [0, 0.05) is 5.92 Å². The van der Waals surface area contributed by atoms with Gasteiger partial charge in [-0.05, 0) is 6.92 Å². The van der Waals surface area contributed by atoms with E-state index in [9.17, 15) is 9.59 Å². The third kappa shape index (κ3) is 3.00. The Balaban J connectivity index is 4.10. The zero-order valence-electron chi connectivity index (χ0n) is 7.53. The van der Waals surface area contributed by atoms with Gasteiger partial charge in [0.05, 0.1) is 6.61 Å². The molecule has 0 aromatic rings. The SMILES string of the molecule is CCOC(=O)C(O)C(=O)C(C)C. The van der Waals surface area contributed by atoms with Gasteiger partial charge in [-0.25, -0.2) is 4.79 Å². The van der Waals surface area contributed by atoms with Crippen LogP contribution in [0.4, 0.5) is 0 Å². The van der Waals surface area contributed by atoms with E-state index >= 15 is 0 Å². The van der Waals surface area contributed by atoms with Gasteiger partial charge >= 0.3 is 5.97 Å². The number of aliphatic hydroxyl groups is 1. The monoisotopic (exact) mass is 174 g/mol. The first kappa shape index (κ1) is 11.1. The van der Waals surface area contributed by atoms with E-state index in [1.165, 1.54) is 0 Å². The minimum atomic E-state index is -1.62. The van der Waals surface area contributed by atoms with Crippen molar-refractivity contribution in [3.8, 4) is 0 Å². The van der Waals surface area contributed by atoms with Crippen molar-refractivity contribution in [1.29, 1.82) is 0 Å². The third-order valence-corrected chi connectivity index (χ3v) is 1.35. The molecule has 4 nitrogen and oxygen atoms in total. The third-order valence-electron chi connectivity index (χ3n) is 1.35.